The molecule has 130 valence electrons. The SMILES string of the molecule is Cc1ccccc1N1CCN(CC(=O)NCc2ccco2)C(=O)C1=O. The van der Waals surface area contributed by atoms with Crippen LogP contribution in [0.15, 0.2) is 47.1 Å². The third-order valence-electron chi connectivity index (χ3n) is 4.09. The molecular formula is C18H19N3O4. The summed E-state index contributed by atoms with van der Waals surface area (Å²) in [7, 11) is 0. The van der Waals surface area contributed by atoms with Gasteiger partial charge in [0.05, 0.1) is 12.8 Å². The molecule has 2 heterocycles. The van der Waals surface area contributed by atoms with Gasteiger partial charge in [-0.25, -0.2) is 0 Å². The van der Waals surface area contributed by atoms with Gasteiger partial charge in [0.1, 0.15) is 12.3 Å². The van der Waals surface area contributed by atoms with E-state index in [0.29, 0.717) is 18.8 Å². The standard InChI is InChI=1S/C18H19N3O4/c1-13-5-2-3-7-15(13)21-9-8-20(17(23)18(21)24)12-16(22)19-11-14-6-4-10-25-14/h2-7,10H,8-9,11-12H2,1H3,(H,19,22). The highest BCUT2D eigenvalue weighted by atomic mass is 16.3. The Balaban J connectivity index is 1.59. The van der Waals surface area contributed by atoms with Gasteiger partial charge in [0.15, 0.2) is 0 Å². The number of nitrogens with zero attached hydrogens (tertiary/aromatic N) is 2. The second kappa shape index (κ2) is 7.21. The lowest BCUT2D eigenvalue weighted by atomic mass is 10.1. The minimum atomic E-state index is -0.664. The molecule has 1 aliphatic heterocycles. The van der Waals surface area contributed by atoms with E-state index < -0.39 is 11.8 Å². The molecule has 1 saturated heterocycles. The summed E-state index contributed by atoms with van der Waals surface area (Å²) in [6, 6.07) is 10.9. The molecule has 0 spiro atoms. The Hall–Kier alpha value is -3.09. The number of rotatable bonds is 5. The first-order chi connectivity index (χ1) is 12.1. The zero-order valence-electron chi connectivity index (χ0n) is 13.9. The molecule has 25 heavy (non-hydrogen) atoms. The van der Waals surface area contributed by atoms with Gasteiger partial charge < -0.3 is 19.5 Å². The van der Waals surface area contributed by atoms with Gasteiger partial charge >= 0.3 is 11.8 Å². The fourth-order valence-corrected chi connectivity index (χ4v) is 2.75. The van der Waals surface area contributed by atoms with Crippen LogP contribution in [0.3, 0.4) is 0 Å². The van der Waals surface area contributed by atoms with Crippen molar-refractivity contribution in [1.29, 1.82) is 0 Å². The van der Waals surface area contributed by atoms with Crippen molar-refractivity contribution in [1.82, 2.24) is 10.2 Å². The van der Waals surface area contributed by atoms with Crippen molar-refractivity contribution in [3.8, 4) is 0 Å². The molecule has 1 N–H and O–H groups in total. The zero-order chi connectivity index (χ0) is 17.8. The summed E-state index contributed by atoms with van der Waals surface area (Å²) in [5, 5.41) is 2.67. The van der Waals surface area contributed by atoms with Crippen LogP contribution in [0, 0.1) is 6.92 Å². The zero-order valence-corrected chi connectivity index (χ0v) is 13.9. The third kappa shape index (κ3) is 3.71. The third-order valence-corrected chi connectivity index (χ3v) is 4.09. The van der Waals surface area contributed by atoms with Gasteiger partial charge in [-0.1, -0.05) is 18.2 Å². The summed E-state index contributed by atoms with van der Waals surface area (Å²) in [4.78, 5) is 39.5. The van der Waals surface area contributed by atoms with Gasteiger partial charge in [-0.2, -0.15) is 0 Å². The molecule has 1 fully saturated rings. The van der Waals surface area contributed by atoms with Crippen LogP contribution in [0.1, 0.15) is 11.3 Å². The molecule has 3 amide bonds. The largest absolute Gasteiger partial charge is 0.467 e. The van der Waals surface area contributed by atoms with Gasteiger partial charge in [-0.05, 0) is 30.7 Å². The van der Waals surface area contributed by atoms with Crippen LogP contribution < -0.4 is 10.2 Å². The molecule has 7 nitrogen and oxygen atoms in total. The van der Waals surface area contributed by atoms with E-state index in [1.807, 2.05) is 31.2 Å². The van der Waals surface area contributed by atoms with Crippen molar-refractivity contribution in [2.24, 2.45) is 0 Å². The summed E-state index contributed by atoms with van der Waals surface area (Å²) in [6.45, 7) is 2.67. The first-order valence-electron chi connectivity index (χ1n) is 8.02. The van der Waals surface area contributed by atoms with Crippen LogP contribution in [0.2, 0.25) is 0 Å². The normalized spacial score (nSPS) is 14.8. The lowest BCUT2D eigenvalue weighted by Gasteiger charge is -2.34. The van der Waals surface area contributed by atoms with Gasteiger partial charge in [0, 0.05) is 18.8 Å². The van der Waals surface area contributed by atoms with E-state index >= 15 is 0 Å². The lowest BCUT2D eigenvalue weighted by molar-refractivity contribution is -0.147. The monoisotopic (exact) mass is 341 g/mol. The molecule has 3 rings (SSSR count). The number of aryl methyl sites for hydroxylation is 1. The second-order valence-electron chi connectivity index (χ2n) is 5.83. The molecule has 0 saturated carbocycles. The van der Waals surface area contributed by atoms with Crippen molar-refractivity contribution >= 4 is 23.4 Å². The average Bonchev–Trinajstić information content (AvgIpc) is 3.12. The van der Waals surface area contributed by atoms with Gasteiger partial charge in [0.25, 0.3) is 0 Å². The van der Waals surface area contributed by atoms with E-state index in [4.69, 9.17) is 4.42 Å². The Bertz CT molecular complexity index is 785. The second-order valence-corrected chi connectivity index (χ2v) is 5.83. The molecule has 1 aliphatic rings. The smallest absolute Gasteiger partial charge is 0.316 e. The molecule has 0 radical (unpaired) electrons. The summed E-state index contributed by atoms with van der Waals surface area (Å²) >= 11 is 0. The predicted octanol–water partition coefficient (Wildman–Crippen LogP) is 1.08. The summed E-state index contributed by atoms with van der Waals surface area (Å²) in [6.07, 6.45) is 1.52. The minimum Gasteiger partial charge on any atom is -0.467 e. The maximum absolute atomic E-state index is 12.4. The highest BCUT2D eigenvalue weighted by Gasteiger charge is 2.34. The van der Waals surface area contributed by atoms with Crippen molar-refractivity contribution in [3.63, 3.8) is 0 Å². The average molecular weight is 341 g/mol. The molecule has 0 unspecified atom stereocenters. The van der Waals surface area contributed by atoms with Crippen molar-refractivity contribution in [3.05, 3.63) is 54.0 Å². The number of carbonyl (C=O) groups excluding carboxylic acids is 3. The number of hydrogen-bond donors (Lipinski definition) is 1. The molecule has 0 atom stereocenters. The molecule has 1 aromatic carbocycles. The molecule has 1 aromatic heterocycles. The quantitative estimate of drug-likeness (QED) is 0.825. The number of anilines is 1. The van der Waals surface area contributed by atoms with E-state index in [-0.39, 0.29) is 19.0 Å². The van der Waals surface area contributed by atoms with Crippen LogP contribution in [0.25, 0.3) is 0 Å². The molecule has 7 heteroatoms. The van der Waals surface area contributed by atoms with E-state index in [9.17, 15) is 14.4 Å². The van der Waals surface area contributed by atoms with E-state index in [1.54, 1.807) is 12.1 Å². The number of benzene rings is 1. The fourth-order valence-electron chi connectivity index (χ4n) is 2.75. The van der Waals surface area contributed by atoms with E-state index in [0.717, 1.165) is 11.3 Å². The highest BCUT2D eigenvalue weighted by molar-refractivity contribution is 6.41. The van der Waals surface area contributed by atoms with E-state index in [2.05, 4.69) is 5.32 Å². The first kappa shape index (κ1) is 16.8. The van der Waals surface area contributed by atoms with Gasteiger partial charge in [0.2, 0.25) is 5.91 Å². The first-order valence-corrected chi connectivity index (χ1v) is 8.02. The number of hydrogen-bond acceptors (Lipinski definition) is 4. The summed E-state index contributed by atoms with van der Waals surface area (Å²) in [5.41, 5.74) is 1.65. The van der Waals surface area contributed by atoms with Crippen LogP contribution in [0.4, 0.5) is 5.69 Å². The lowest BCUT2D eigenvalue weighted by Crippen LogP contribution is -2.56. The highest BCUT2D eigenvalue weighted by Crippen LogP contribution is 2.21. The maximum atomic E-state index is 12.4. The maximum Gasteiger partial charge on any atom is 0.316 e. The van der Waals surface area contributed by atoms with Crippen molar-refractivity contribution < 1.29 is 18.8 Å². The molecule has 0 bridgehead atoms. The molecular weight excluding hydrogens is 322 g/mol. The van der Waals surface area contributed by atoms with Crippen molar-refractivity contribution in [2.45, 2.75) is 13.5 Å². The number of carbonyl (C=O) groups is 3. The van der Waals surface area contributed by atoms with E-state index in [1.165, 1.54) is 16.1 Å². The van der Waals surface area contributed by atoms with Crippen LogP contribution in [0.5, 0.6) is 0 Å². The Morgan fingerprint density at radius 3 is 2.64 bits per heavy atom. The summed E-state index contributed by atoms with van der Waals surface area (Å²) in [5.74, 6) is -0.982. The van der Waals surface area contributed by atoms with Gasteiger partial charge in [-0.3, -0.25) is 14.4 Å². The number of piperazine rings is 1. The fraction of sp³-hybridized carbons (Fsp3) is 0.278. The van der Waals surface area contributed by atoms with Gasteiger partial charge in [-0.15, -0.1) is 0 Å². The van der Waals surface area contributed by atoms with Crippen LogP contribution >= 0.6 is 0 Å². The molecule has 0 aliphatic carbocycles. The van der Waals surface area contributed by atoms with Crippen LogP contribution in [-0.4, -0.2) is 42.3 Å². The topological polar surface area (TPSA) is 82.9 Å². The molecule has 2 aromatic rings. The Morgan fingerprint density at radius 2 is 1.92 bits per heavy atom. The minimum absolute atomic E-state index is 0.146. The van der Waals surface area contributed by atoms with Crippen LogP contribution in [-0.2, 0) is 20.9 Å². The Labute approximate surface area is 145 Å². The number of amides is 3. The number of nitrogens with one attached hydrogen (secondary N) is 1. The Morgan fingerprint density at radius 1 is 1.12 bits per heavy atom. The number of para-hydroxylation sites is 1. The summed E-state index contributed by atoms with van der Waals surface area (Å²) < 4.78 is 5.13. The number of furan rings is 1. The van der Waals surface area contributed by atoms with Crippen molar-refractivity contribution in [2.75, 3.05) is 24.5 Å². The Kier molecular flexibility index (Phi) is 4.83. The predicted molar refractivity (Wildman–Crippen MR) is 90.7 cm³/mol.